The summed E-state index contributed by atoms with van der Waals surface area (Å²) in [6, 6.07) is 91.9. The van der Waals surface area contributed by atoms with Gasteiger partial charge in [0.15, 0.2) is 0 Å². The van der Waals surface area contributed by atoms with Crippen molar-refractivity contribution in [1.82, 2.24) is 0 Å². The summed E-state index contributed by atoms with van der Waals surface area (Å²) in [4.78, 5) is 5.13. The highest BCUT2D eigenvalue weighted by molar-refractivity contribution is 7.00. The molecule has 0 N–H and O–H groups in total. The SMILES string of the molecule is c1ccc(-c2cc(-c3ccccc3)c(-c3cc4c5c(c3)N(c3ccccc3)c3c(ccc6ccccc36)B5c3ccc5ccccc5c3N4c3ccccc3)c(-c3ccccc3)c2)cc1. The standard InChI is InChI=1S/C62H41BN2/c1-6-20-42(21-7-1)47-38-53(43-22-8-2-9-23-43)59(54(39-47)44-24-10-3-11-25-44)48-40-57-60-58(41-48)65(50-30-14-5-15-31-50)62-52-33-19-17-27-46(52)35-37-56(62)63(60)55-36-34-45-26-16-18-32-51(45)61(55)64(57)49-28-12-4-13-29-49/h1-41H. The van der Waals surface area contributed by atoms with Crippen molar-refractivity contribution in [3.8, 4) is 44.5 Å². The van der Waals surface area contributed by atoms with Gasteiger partial charge in [-0.15, -0.1) is 0 Å². The average Bonchev–Trinajstić information content (AvgIpc) is 3.39. The summed E-state index contributed by atoms with van der Waals surface area (Å²) in [7, 11) is 0. The zero-order valence-electron chi connectivity index (χ0n) is 35.6. The maximum Gasteiger partial charge on any atom is 0.252 e. The van der Waals surface area contributed by atoms with Crippen LogP contribution in [0.3, 0.4) is 0 Å². The lowest BCUT2D eigenvalue weighted by Gasteiger charge is -2.45. The van der Waals surface area contributed by atoms with E-state index in [0.29, 0.717) is 0 Å². The highest BCUT2D eigenvalue weighted by Gasteiger charge is 2.45. The first-order valence-corrected chi connectivity index (χ1v) is 22.5. The molecular weight excluding hydrogens is 784 g/mol. The van der Waals surface area contributed by atoms with Crippen LogP contribution in [0.15, 0.2) is 249 Å². The van der Waals surface area contributed by atoms with Crippen molar-refractivity contribution in [1.29, 1.82) is 0 Å². The molecule has 11 aromatic carbocycles. The molecule has 65 heavy (non-hydrogen) atoms. The van der Waals surface area contributed by atoms with E-state index in [4.69, 9.17) is 0 Å². The number of rotatable bonds is 6. The molecule has 0 bridgehead atoms. The molecule has 2 aliphatic heterocycles. The minimum Gasteiger partial charge on any atom is -0.311 e. The van der Waals surface area contributed by atoms with Crippen LogP contribution in [0.5, 0.6) is 0 Å². The maximum atomic E-state index is 2.56. The van der Waals surface area contributed by atoms with E-state index in [-0.39, 0.29) is 6.71 Å². The van der Waals surface area contributed by atoms with Crippen LogP contribution in [0, 0.1) is 0 Å². The smallest absolute Gasteiger partial charge is 0.252 e. The van der Waals surface area contributed by atoms with Gasteiger partial charge in [0, 0.05) is 44.9 Å². The van der Waals surface area contributed by atoms with Crippen LogP contribution >= 0.6 is 0 Å². The Bertz CT molecular complexity index is 3380. The van der Waals surface area contributed by atoms with Gasteiger partial charge in [0.1, 0.15) is 0 Å². The quantitative estimate of drug-likeness (QED) is 0.154. The van der Waals surface area contributed by atoms with E-state index in [0.717, 1.165) is 16.9 Å². The second-order valence-corrected chi connectivity index (χ2v) is 17.2. The Labute approximate surface area is 380 Å². The molecule has 0 saturated heterocycles. The van der Waals surface area contributed by atoms with Crippen molar-refractivity contribution < 1.29 is 0 Å². The summed E-state index contributed by atoms with van der Waals surface area (Å²) in [5, 5.41) is 4.92. The van der Waals surface area contributed by atoms with E-state index in [9.17, 15) is 0 Å². The number of anilines is 6. The van der Waals surface area contributed by atoms with Gasteiger partial charge in [-0.05, 0) is 120 Å². The van der Waals surface area contributed by atoms with Crippen molar-refractivity contribution in [2.75, 3.05) is 9.80 Å². The predicted molar refractivity (Wildman–Crippen MR) is 277 cm³/mol. The molecule has 11 aromatic rings. The molecule has 2 heterocycles. The number of hydrogen-bond acceptors (Lipinski definition) is 2. The minimum absolute atomic E-state index is 0.0316. The Morgan fingerprint density at radius 1 is 0.292 bits per heavy atom. The van der Waals surface area contributed by atoms with Crippen LogP contribution in [-0.2, 0) is 0 Å². The Morgan fingerprint density at radius 3 is 1.12 bits per heavy atom. The molecule has 0 aromatic heterocycles. The van der Waals surface area contributed by atoms with E-state index in [1.54, 1.807) is 0 Å². The minimum atomic E-state index is -0.0316. The van der Waals surface area contributed by atoms with Crippen LogP contribution in [0.25, 0.3) is 66.1 Å². The van der Waals surface area contributed by atoms with Crippen LogP contribution < -0.4 is 26.2 Å². The average molecular weight is 825 g/mol. The predicted octanol–water partition coefficient (Wildman–Crippen LogP) is 14.7. The van der Waals surface area contributed by atoms with E-state index in [1.165, 1.54) is 99.6 Å². The van der Waals surface area contributed by atoms with E-state index < -0.39 is 0 Å². The zero-order chi connectivity index (χ0) is 42.8. The third-order valence-corrected chi connectivity index (χ3v) is 13.6. The van der Waals surface area contributed by atoms with Gasteiger partial charge < -0.3 is 9.80 Å². The van der Waals surface area contributed by atoms with Crippen molar-refractivity contribution in [2.45, 2.75) is 0 Å². The van der Waals surface area contributed by atoms with Crippen LogP contribution in [0.1, 0.15) is 0 Å². The van der Waals surface area contributed by atoms with Crippen molar-refractivity contribution >= 4 is 78.8 Å². The Kier molecular flexibility index (Phi) is 8.67. The van der Waals surface area contributed by atoms with Gasteiger partial charge in [-0.3, -0.25) is 0 Å². The number of para-hydroxylation sites is 2. The first-order chi connectivity index (χ1) is 32.3. The number of fused-ring (bicyclic) bond motifs is 8. The molecule has 0 atom stereocenters. The zero-order valence-corrected chi connectivity index (χ0v) is 35.6. The highest BCUT2D eigenvalue weighted by atomic mass is 15.2. The van der Waals surface area contributed by atoms with Gasteiger partial charge in [0.05, 0.1) is 0 Å². The lowest BCUT2D eigenvalue weighted by Crippen LogP contribution is -2.61. The molecule has 0 aliphatic carbocycles. The lowest BCUT2D eigenvalue weighted by atomic mass is 9.33. The Hall–Kier alpha value is -8.40. The van der Waals surface area contributed by atoms with Gasteiger partial charge in [-0.25, -0.2) is 0 Å². The van der Waals surface area contributed by atoms with Crippen LogP contribution in [0.4, 0.5) is 34.1 Å². The van der Waals surface area contributed by atoms with E-state index in [1.807, 2.05) is 0 Å². The maximum absolute atomic E-state index is 2.56. The fraction of sp³-hybridized carbons (Fsp3) is 0. The third kappa shape index (κ3) is 5.97. The molecular formula is C62H41BN2. The highest BCUT2D eigenvalue weighted by Crippen LogP contribution is 2.51. The van der Waals surface area contributed by atoms with Crippen LogP contribution in [0.2, 0.25) is 0 Å². The van der Waals surface area contributed by atoms with Gasteiger partial charge in [-0.2, -0.15) is 0 Å². The van der Waals surface area contributed by atoms with Gasteiger partial charge >= 0.3 is 0 Å². The lowest BCUT2D eigenvalue weighted by molar-refractivity contribution is 1.27. The molecule has 0 radical (unpaired) electrons. The molecule has 3 heteroatoms. The van der Waals surface area contributed by atoms with E-state index >= 15 is 0 Å². The Balaban J connectivity index is 1.22. The monoisotopic (exact) mass is 824 g/mol. The van der Waals surface area contributed by atoms with Crippen molar-refractivity contribution in [2.24, 2.45) is 0 Å². The largest absolute Gasteiger partial charge is 0.311 e. The van der Waals surface area contributed by atoms with Gasteiger partial charge in [0.25, 0.3) is 6.71 Å². The summed E-state index contributed by atoms with van der Waals surface area (Å²) in [5.74, 6) is 0. The van der Waals surface area contributed by atoms with Gasteiger partial charge in [0.2, 0.25) is 0 Å². The first-order valence-electron chi connectivity index (χ1n) is 22.5. The second-order valence-electron chi connectivity index (χ2n) is 17.2. The first kappa shape index (κ1) is 37.2. The van der Waals surface area contributed by atoms with Gasteiger partial charge in [-0.1, -0.05) is 200 Å². The topological polar surface area (TPSA) is 6.48 Å². The number of benzene rings is 11. The molecule has 2 nitrogen and oxygen atoms in total. The number of hydrogen-bond donors (Lipinski definition) is 0. The summed E-state index contributed by atoms with van der Waals surface area (Å²) in [6.07, 6.45) is 0. The molecule has 2 aliphatic rings. The third-order valence-electron chi connectivity index (χ3n) is 13.6. The summed E-state index contributed by atoms with van der Waals surface area (Å²) in [5.41, 5.74) is 20.5. The molecule has 302 valence electrons. The Morgan fingerprint density at radius 2 is 0.677 bits per heavy atom. The summed E-state index contributed by atoms with van der Waals surface area (Å²) in [6.45, 7) is -0.0316. The molecule has 0 unspecified atom stereocenters. The fourth-order valence-electron chi connectivity index (χ4n) is 10.8. The van der Waals surface area contributed by atoms with Crippen molar-refractivity contribution in [3.05, 3.63) is 249 Å². The molecule has 0 spiro atoms. The summed E-state index contributed by atoms with van der Waals surface area (Å²) < 4.78 is 0. The number of nitrogens with zero attached hydrogens (tertiary/aromatic N) is 2. The molecule has 0 saturated carbocycles. The normalized spacial score (nSPS) is 12.5. The molecule has 13 rings (SSSR count). The molecule has 0 fully saturated rings. The fourth-order valence-corrected chi connectivity index (χ4v) is 10.8. The van der Waals surface area contributed by atoms with Crippen LogP contribution in [-0.4, -0.2) is 6.71 Å². The molecule has 0 amide bonds. The van der Waals surface area contributed by atoms with Crippen molar-refractivity contribution in [3.63, 3.8) is 0 Å². The van der Waals surface area contributed by atoms with E-state index in [2.05, 4.69) is 259 Å². The summed E-state index contributed by atoms with van der Waals surface area (Å²) >= 11 is 0. The second kappa shape index (κ2) is 15.2.